The molecule has 0 saturated heterocycles. The zero-order chi connectivity index (χ0) is 14.0. The van der Waals surface area contributed by atoms with E-state index < -0.39 is 25.7 Å². The zero-order valence-electron chi connectivity index (χ0n) is 10.9. The van der Waals surface area contributed by atoms with Crippen LogP contribution in [0.4, 0.5) is 4.79 Å². The number of hydrogen-bond acceptors (Lipinski definition) is 3. The van der Waals surface area contributed by atoms with Crippen molar-refractivity contribution in [2.45, 2.75) is 50.1 Å². The van der Waals surface area contributed by atoms with Gasteiger partial charge >= 0.3 is 6.09 Å². The molecule has 1 atom stereocenters. The fourth-order valence-corrected chi connectivity index (χ4v) is 3.20. The fraction of sp³-hybridized carbons (Fsp3) is 0.727. The van der Waals surface area contributed by atoms with Crippen molar-refractivity contribution in [1.29, 1.82) is 5.26 Å². The van der Waals surface area contributed by atoms with Gasteiger partial charge in [0.15, 0.2) is 0 Å². The van der Waals surface area contributed by atoms with E-state index in [1.165, 1.54) is 0 Å². The third-order valence-corrected chi connectivity index (χ3v) is 4.39. The fourth-order valence-electron chi connectivity index (χ4n) is 1.68. The molecule has 0 radical (unpaired) electrons. The number of hydrogen-bond donors (Lipinski definition) is 3. The van der Waals surface area contributed by atoms with Gasteiger partial charge in [-0.15, -0.1) is 0 Å². The zero-order valence-corrected chi connectivity index (χ0v) is 11.9. The predicted octanol–water partition coefficient (Wildman–Crippen LogP) is 1.13. The number of nitrogens with zero attached hydrogens (tertiary/aromatic N) is 1. The van der Waals surface area contributed by atoms with Crippen LogP contribution >= 0.6 is 0 Å². The second-order valence-electron chi connectivity index (χ2n) is 5.95. The average Bonchev–Trinajstić information content (AvgIpc) is 2.94. The minimum absolute atomic E-state index is 0.390. The highest BCUT2D eigenvalue weighted by molar-refractivity contribution is 6.76. The summed E-state index contributed by atoms with van der Waals surface area (Å²) in [6, 6.07) is 1.82. The van der Waals surface area contributed by atoms with E-state index in [1.54, 1.807) is 0 Å². The average molecular weight is 269 g/mol. The van der Waals surface area contributed by atoms with Crippen LogP contribution in [0.15, 0.2) is 0 Å². The van der Waals surface area contributed by atoms with Crippen LogP contribution in [-0.2, 0) is 4.79 Å². The van der Waals surface area contributed by atoms with E-state index in [-0.39, 0.29) is 5.91 Å². The predicted molar refractivity (Wildman–Crippen MR) is 68.8 cm³/mol. The van der Waals surface area contributed by atoms with Crippen LogP contribution in [0.5, 0.6) is 0 Å². The van der Waals surface area contributed by atoms with E-state index in [2.05, 4.69) is 36.3 Å². The SMILES string of the molecule is C[Si](C)(C)CC(NC(=O)O)C(=O)NC1(C#N)CC1. The first-order chi connectivity index (χ1) is 8.17. The number of amides is 2. The molecule has 0 heterocycles. The molecule has 0 aliphatic heterocycles. The number of nitrogens with one attached hydrogen (secondary N) is 2. The quantitative estimate of drug-likeness (QED) is 0.651. The summed E-state index contributed by atoms with van der Waals surface area (Å²) in [5.41, 5.74) is -0.755. The van der Waals surface area contributed by atoms with Crippen molar-refractivity contribution in [2.75, 3.05) is 0 Å². The molecule has 18 heavy (non-hydrogen) atoms. The van der Waals surface area contributed by atoms with Gasteiger partial charge in [-0.2, -0.15) is 5.26 Å². The second-order valence-corrected chi connectivity index (χ2v) is 11.5. The molecular formula is C11H19N3O3Si. The Bertz CT molecular complexity index is 393. The Labute approximate surface area is 107 Å². The highest BCUT2D eigenvalue weighted by Gasteiger charge is 2.46. The molecule has 0 spiro atoms. The van der Waals surface area contributed by atoms with Gasteiger partial charge in [-0.1, -0.05) is 19.6 Å². The first-order valence-corrected chi connectivity index (χ1v) is 9.61. The number of nitriles is 1. The van der Waals surface area contributed by atoms with Crippen LogP contribution in [0.25, 0.3) is 0 Å². The van der Waals surface area contributed by atoms with Gasteiger partial charge in [0, 0.05) is 8.07 Å². The largest absolute Gasteiger partial charge is 0.465 e. The van der Waals surface area contributed by atoms with E-state index >= 15 is 0 Å². The van der Waals surface area contributed by atoms with Crippen molar-refractivity contribution in [3.8, 4) is 6.07 Å². The second kappa shape index (κ2) is 4.98. The molecule has 6 nitrogen and oxygen atoms in total. The summed E-state index contributed by atoms with van der Waals surface area (Å²) in [6.45, 7) is 6.19. The lowest BCUT2D eigenvalue weighted by atomic mass is 10.2. The maximum absolute atomic E-state index is 12.0. The summed E-state index contributed by atoms with van der Waals surface area (Å²) < 4.78 is 0. The Hall–Kier alpha value is -1.55. The molecule has 3 N–H and O–H groups in total. The molecule has 1 unspecified atom stereocenters. The molecule has 1 aliphatic carbocycles. The van der Waals surface area contributed by atoms with Crippen molar-refractivity contribution in [2.24, 2.45) is 0 Å². The minimum Gasteiger partial charge on any atom is -0.465 e. The minimum atomic E-state index is -1.58. The lowest BCUT2D eigenvalue weighted by Gasteiger charge is -2.24. The highest BCUT2D eigenvalue weighted by atomic mass is 28.3. The first-order valence-electron chi connectivity index (χ1n) is 5.90. The molecule has 1 rings (SSSR count). The van der Waals surface area contributed by atoms with Gasteiger partial charge in [0.05, 0.1) is 6.07 Å². The summed E-state index contributed by atoms with van der Waals surface area (Å²) in [7, 11) is -1.58. The molecule has 1 saturated carbocycles. The maximum Gasteiger partial charge on any atom is 0.405 e. The molecular weight excluding hydrogens is 250 g/mol. The van der Waals surface area contributed by atoms with Gasteiger partial charge in [-0.3, -0.25) is 4.79 Å². The Morgan fingerprint density at radius 1 is 1.44 bits per heavy atom. The van der Waals surface area contributed by atoms with Crippen LogP contribution in [0.1, 0.15) is 12.8 Å². The highest BCUT2D eigenvalue weighted by Crippen LogP contribution is 2.34. The molecule has 0 aromatic rings. The summed E-state index contributed by atoms with van der Waals surface area (Å²) in [5.74, 6) is -0.390. The topological polar surface area (TPSA) is 102 Å². The van der Waals surface area contributed by atoms with Gasteiger partial charge in [-0.25, -0.2) is 4.79 Å². The molecule has 100 valence electrons. The van der Waals surface area contributed by atoms with Crippen LogP contribution in [0, 0.1) is 11.3 Å². The van der Waals surface area contributed by atoms with E-state index in [0.717, 1.165) is 0 Å². The van der Waals surface area contributed by atoms with Crippen molar-refractivity contribution in [3.63, 3.8) is 0 Å². The van der Waals surface area contributed by atoms with Crippen molar-refractivity contribution in [1.82, 2.24) is 10.6 Å². The van der Waals surface area contributed by atoms with Crippen LogP contribution < -0.4 is 10.6 Å². The Morgan fingerprint density at radius 2 is 2.00 bits per heavy atom. The summed E-state index contributed by atoms with van der Waals surface area (Å²) >= 11 is 0. The standard InChI is InChI=1S/C11H19N3O3Si/c1-18(2,3)6-8(13-10(16)17)9(15)14-11(7-12)4-5-11/h8,13H,4-6H2,1-3H3,(H,14,15)(H,16,17). The molecule has 2 amide bonds. The van der Waals surface area contributed by atoms with E-state index in [1.807, 2.05) is 0 Å². The number of carbonyl (C=O) groups is 2. The third-order valence-electron chi connectivity index (χ3n) is 2.76. The van der Waals surface area contributed by atoms with Crippen molar-refractivity contribution < 1.29 is 14.7 Å². The molecule has 7 heteroatoms. The van der Waals surface area contributed by atoms with Gasteiger partial charge in [0.1, 0.15) is 11.6 Å². The molecule has 1 fully saturated rings. The molecule has 0 aromatic carbocycles. The summed E-state index contributed by atoms with van der Waals surface area (Å²) in [4.78, 5) is 22.7. The normalized spacial score (nSPS) is 18.3. The lowest BCUT2D eigenvalue weighted by Crippen LogP contribution is -2.52. The Kier molecular flexibility index (Phi) is 4.01. The summed E-state index contributed by atoms with van der Waals surface area (Å²) in [6.07, 6.45) is 0.0689. The van der Waals surface area contributed by atoms with Gasteiger partial charge < -0.3 is 15.7 Å². The Balaban J connectivity index is 2.67. The van der Waals surface area contributed by atoms with Crippen LogP contribution in [0.2, 0.25) is 25.7 Å². The van der Waals surface area contributed by atoms with Gasteiger partial charge in [-0.05, 0) is 18.9 Å². The lowest BCUT2D eigenvalue weighted by molar-refractivity contribution is -0.123. The van der Waals surface area contributed by atoms with Gasteiger partial charge in [0.2, 0.25) is 5.91 Å². The van der Waals surface area contributed by atoms with Gasteiger partial charge in [0.25, 0.3) is 0 Å². The van der Waals surface area contributed by atoms with E-state index in [4.69, 9.17) is 10.4 Å². The van der Waals surface area contributed by atoms with Crippen LogP contribution in [-0.4, -0.2) is 36.8 Å². The third kappa shape index (κ3) is 4.37. The number of carboxylic acid groups (broad SMARTS) is 1. The number of rotatable bonds is 5. The van der Waals surface area contributed by atoms with Crippen molar-refractivity contribution in [3.05, 3.63) is 0 Å². The first kappa shape index (κ1) is 14.5. The molecule has 0 aromatic heterocycles. The van der Waals surface area contributed by atoms with Crippen molar-refractivity contribution >= 4 is 20.1 Å². The summed E-state index contributed by atoms with van der Waals surface area (Å²) in [5, 5.41) is 22.6. The monoisotopic (exact) mass is 269 g/mol. The smallest absolute Gasteiger partial charge is 0.405 e. The molecule has 1 aliphatic rings. The maximum atomic E-state index is 12.0. The van der Waals surface area contributed by atoms with Crippen LogP contribution in [0.3, 0.4) is 0 Å². The molecule has 0 bridgehead atoms. The Morgan fingerprint density at radius 3 is 2.33 bits per heavy atom. The van der Waals surface area contributed by atoms with E-state index in [9.17, 15) is 9.59 Å². The van der Waals surface area contributed by atoms with E-state index in [0.29, 0.717) is 18.9 Å². The number of carbonyl (C=O) groups excluding carboxylic acids is 1.